The molecule has 0 heterocycles. The summed E-state index contributed by atoms with van der Waals surface area (Å²) in [6, 6.07) is 13.8. The third-order valence-corrected chi connectivity index (χ3v) is 3.86. The van der Waals surface area contributed by atoms with Crippen LogP contribution in [0.4, 0.5) is 5.69 Å². The van der Waals surface area contributed by atoms with E-state index in [0.717, 1.165) is 29.0 Å². The Morgan fingerprint density at radius 3 is 2.43 bits per heavy atom. The Balaban J connectivity index is 1.91. The fraction of sp³-hybridized carbons (Fsp3) is 0.250. The molecule has 0 bridgehead atoms. The van der Waals surface area contributed by atoms with Gasteiger partial charge in [-0.15, -0.1) is 0 Å². The average molecular weight is 382 g/mol. The normalized spacial score (nSPS) is 11.0. The van der Waals surface area contributed by atoms with Gasteiger partial charge in [-0.2, -0.15) is 4.99 Å². The Hall–Kier alpha value is -3.55. The van der Waals surface area contributed by atoms with Crippen LogP contribution in [0.5, 0.6) is 5.75 Å². The molecule has 8 heteroatoms. The minimum Gasteiger partial charge on any atom is -0.492 e. The molecule has 8 nitrogen and oxygen atoms in total. The van der Waals surface area contributed by atoms with Crippen LogP contribution in [0, 0.1) is 6.92 Å². The van der Waals surface area contributed by atoms with Crippen LogP contribution in [0.15, 0.2) is 52.4 Å². The van der Waals surface area contributed by atoms with Crippen molar-refractivity contribution in [2.75, 3.05) is 18.5 Å². The van der Waals surface area contributed by atoms with Gasteiger partial charge in [0.2, 0.25) is 11.9 Å². The molecule has 0 saturated carbocycles. The molecule has 1 amide bonds. The standard InChI is InChI=1S/C20H26N6O2/c1-13-11-18(28-10-9-24-20(23)26-19(21)22)8-5-16(13)12-15-3-6-17(7-4-15)25-14(2)27/h3-8,11H,9-10,12H2,1-2H3,(H,25,27)(H6,21,22,23,24,26). The number of ether oxygens (including phenoxy) is 1. The van der Waals surface area contributed by atoms with Gasteiger partial charge >= 0.3 is 0 Å². The molecular weight excluding hydrogens is 356 g/mol. The van der Waals surface area contributed by atoms with Crippen molar-refractivity contribution in [1.82, 2.24) is 0 Å². The number of amides is 1. The van der Waals surface area contributed by atoms with E-state index in [0.29, 0.717) is 13.2 Å². The summed E-state index contributed by atoms with van der Waals surface area (Å²) >= 11 is 0. The van der Waals surface area contributed by atoms with Crippen LogP contribution < -0.4 is 27.3 Å². The molecule has 0 radical (unpaired) electrons. The van der Waals surface area contributed by atoms with Crippen LogP contribution >= 0.6 is 0 Å². The Kier molecular flexibility index (Phi) is 7.38. The smallest absolute Gasteiger partial charge is 0.221 e. The molecule has 28 heavy (non-hydrogen) atoms. The van der Waals surface area contributed by atoms with Gasteiger partial charge in [0, 0.05) is 12.6 Å². The summed E-state index contributed by atoms with van der Waals surface area (Å²) in [5.41, 5.74) is 20.3. The number of nitrogens with two attached hydrogens (primary N) is 3. The van der Waals surface area contributed by atoms with Crippen molar-refractivity contribution in [3.05, 3.63) is 59.2 Å². The number of nitrogens with one attached hydrogen (secondary N) is 1. The molecule has 0 aromatic heterocycles. The van der Waals surface area contributed by atoms with Crippen LogP contribution in [-0.2, 0) is 11.2 Å². The molecule has 2 aromatic carbocycles. The lowest BCUT2D eigenvalue weighted by molar-refractivity contribution is -0.114. The van der Waals surface area contributed by atoms with Gasteiger partial charge in [0.1, 0.15) is 12.4 Å². The number of guanidine groups is 2. The maximum absolute atomic E-state index is 11.1. The van der Waals surface area contributed by atoms with Crippen LogP contribution in [-0.4, -0.2) is 31.0 Å². The SMILES string of the molecule is CC(=O)Nc1ccc(Cc2ccc(OCCN=C(N)N=C(N)N)cc2C)cc1. The second-order valence-electron chi connectivity index (χ2n) is 6.27. The monoisotopic (exact) mass is 382 g/mol. The number of hydrogen-bond donors (Lipinski definition) is 4. The van der Waals surface area contributed by atoms with Gasteiger partial charge in [-0.25, -0.2) is 4.99 Å². The van der Waals surface area contributed by atoms with E-state index in [1.807, 2.05) is 49.4 Å². The van der Waals surface area contributed by atoms with Crippen LogP contribution in [0.2, 0.25) is 0 Å². The molecule has 7 N–H and O–H groups in total. The minimum absolute atomic E-state index is 0.0275. The van der Waals surface area contributed by atoms with Gasteiger partial charge in [-0.3, -0.25) is 4.79 Å². The number of anilines is 1. The van der Waals surface area contributed by atoms with Crippen molar-refractivity contribution in [2.45, 2.75) is 20.3 Å². The lowest BCUT2D eigenvalue weighted by atomic mass is 10.00. The fourth-order valence-electron chi connectivity index (χ4n) is 2.58. The van der Waals surface area contributed by atoms with E-state index in [4.69, 9.17) is 21.9 Å². The second-order valence-corrected chi connectivity index (χ2v) is 6.27. The first-order valence-corrected chi connectivity index (χ1v) is 8.82. The van der Waals surface area contributed by atoms with Gasteiger partial charge in [0.05, 0.1) is 6.54 Å². The number of aliphatic imine (C=N–C) groups is 2. The molecule has 0 aliphatic rings. The Morgan fingerprint density at radius 2 is 1.82 bits per heavy atom. The first-order chi connectivity index (χ1) is 13.3. The van der Waals surface area contributed by atoms with Crippen molar-refractivity contribution >= 4 is 23.5 Å². The number of carbonyl (C=O) groups is 1. The van der Waals surface area contributed by atoms with Gasteiger partial charge in [0.25, 0.3) is 0 Å². The molecule has 2 aromatic rings. The summed E-state index contributed by atoms with van der Waals surface area (Å²) in [6.45, 7) is 4.25. The summed E-state index contributed by atoms with van der Waals surface area (Å²) < 4.78 is 5.69. The summed E-state index contributed by atoms with van der Waals surface area (Å²) in [7, 11) is 0. The highest BCUT2D eigenvalue weighted by atomic mass is 16.5. The molecule has 0 aliphatic heterocycles. The van der Waals surface area contributed by atoms with E-state index in [-0.39, 0.29) is 17.8 Å². The van der Waals surface area contributed by atoms with Crippen LogP contribution in [0.25, 0.3) is 0 Å². The topological polar surface area (TPSA) is 141 Å². The predicted molar refractivity (Wildman–Crippen MR) is 113 cm³/mol. The zero-order chi connectivity index (χ0) is 20.5. The number of benzene rings is 2. The Bertz CT molecular complexity index is 871. The number of aryl methyl sites for hydroxylation is 1. The first kappa shape index (κ1) is 20.8. The Labute approximate surface area is 164 Å². The summed E-state index contributed by atoms with van der Waals surface area (Å²) in [5, 5.41) is 2.76. The average Bonchev–Trinajstić information content (AvgIpc) is 2.61. The van der Waals surface area contributed by atoms with Crippen LogP contribution in [0.3, 0.4) is 0 Å². The number of nitrogens with zero attached hydrogens (tertiary/aromatic N) is 2. The van der Waals surface area contributed by atoms with Crippen molar-refractivity contribution in [3.63, 3.8) is 0 Å². The highest BCUT2D eigenvalue weighted by Gasteiger charge is 2.04. The summed E-state index contributed by atoms with van der Waals surface area (Å²) in [6.07, 6.45) is 0.797. The maximum atomic E-state index is 11.1. The zero-order valence-electron chi connectivity index (χ0n) is 16.1. The molecule has 0 fully saturated rings. The highest BCUT2D eigenvalue weighted by molar-refractivity contribution is 5.92. The van der Waals surface area contributed by atoms with E-state index in [9.17, 15) is 4.79 Å². The van der Waals surface area contributed by atoms with E-state index in [1.54, 1.807) is 0 Å². The lowest BCUT2D eigenvalue weighted by Gasteiger charge is -2.10. The number of rotatable bonds is 7. The van der Waals surface area contributed by atoms with Crippen molar-refractivity contribution in [1.29, 1.82) is 0 Å². The van der Waals surface area contributed by atoms with E-state index in [1.165, 1.54) is 12.5 Å². The number of carbonyl (C=O) groups excluding carboxylic acids is 1. The second kappa shape index (κ2) is 9.96. The molecule has 0 atom stereocenters. The van der Waals surface area contributed by atoms with Gasteiger partial charge in [-0.1, -0.05) is 18.2 Å². The largest absolute Gasteiger partial charge is 0.492 e. The third-order valence-electron chi connectivity index (χ3n) is 3.86. The molecule has 148 valence electrons. The van der Waals surface area contributed by atoms with Crippen LogP contribution in [0.1, 0.15) is 23.6 Å². The highest BCUT2D eigenvalue weighted by Crippen LogP contribution is 2.21. The third kappa shape index (κ3) is 6.99. The van der Waals surface area contributed by atoms with E-state index >= 15 is 0 Å². The van der Waals surface area contributed by atoms with Crippen molar-refractivity contribution in [2.24, 2.45) is 27.2 Å². The lowest BCUT2D eigenvalue weighted by Crippen LogP contribution is -2.26. The molecule has 2 rings (SSSR count). The molecule has 0 saturated heterocycles. The van der Waals surface area contributed by atoms with Gasteiger partial charge < -0.3 is 27.3 Å². The zero-order valence-corrected chi connectivity index (χ0v) is 16.1. The van der Waals surface area contributed by atoms with E-state index in [2.05, 4.69) is 15.3 Å². The summed E-state index contributed by atoms with van der Waals surface area (Å²) in [4.78, 5) is 18.7. The minimum atomic E-state index is -0.127. The van der Waals surface area contributed by atoms with E-state index < -0.39 is 0 Å². The molecular formula is C20H26N6O2. The molecule has 0 spiro atoms. The molecule has 0 aliphatic carbocycles. The predicted octanol–water partition coefficient (Wildman–Crippen LogP) is 1.51. The maximum Gasteiger partial charge on any atom is 0.221 e. The molecule has 0 unspecified atom stereocenters. The Morgan fingerprint density at radius 1 is 1.11 bits per heavy atom. The quantitative estimate of drug-likeness (QED) is 0.326. The van der Waals surface area contributed by atoms with Crippen molar-refractivity contribution in [3.8, 4) is 5.75 Å². The van der Waals surface area contributed by atoms with Crippen molar-refractivity contribution < 1.29 is 9.53 Å². The van der Waals surface area contributed by atoms with Gasteiger partial charge in [0.15, 0.2) is 5.96 Å². The van der Waals surface area contributed by atoms with Gasteiger partial charge in [-0.05, 0) is 54.3 Å². The number of hydrogen-bond acceptors (Lipinski definition) is 3. The summed E-state index contributed by atoms with van der Waals surface area (Å²) in [5.74, 6) is 0.583. The fourth-order valence-corrected chi connectivity index (χ4v) is 2.58. The first-order valence-electron chi connectivity index (χ1n) is 8.82.